The van der Waals surface area contributed by atoms with Crippen LogP contribution in [0.25, 0.3) is 109 Å². The quantitative estimate of drug-likeness (QED) is 0.156. The van der Waals surface area contributed by atoms with E-state index in [1.54, 1.807) is 0 Å². The normalized spacial score (nSPS) is 11.8. The van der Waals surface area contributed by atoms with Crippen LogP contribution in [-0.2, 0) is 0 Å². The van der Waals surface area contributed by atoms with E-state index in [2.05, 4.69) is 241 Å². The lowest BCUT2D eigenvalue weighted by atomic mass is 9.94. The molecule has 12 aromatic carbocycles. The van der Waals surface area contributed by atoms with Crippen molar-refractivity contribution in [2.45, 2.75) is 0 Å². The van der Waals surface area contributed by atoms with Gasteiger partial charge in [0, 0.05) is 27.7 Å². The van der Waals surface area contributed by atoms with E-state index in [1.165, 1.54) is 76.1 Å². The third kappa shape index (κ3) is 5.88. The van der Waals surface area contributed by atoms with Crippen LogP contribution < -0.4 is 4.90 Å². The Labute approximate surface area is 370 Å². The molecule has 0 saturated carbocycles. The van der Waals surface area contributed by atoms with Crippen LogP contribution in [0.3, 0.4) is 0 Å². The molecular weight excluding hydrogens is 775 g/mol. The van der Waals surface area contributed by atoms with Crippen molar-refractivity contribution in [1.29, 1.82) is 0 Å². The SMILES string of the molecule is c1ccc(N(c2ccc(-c3ccc4c(ccc5ccccc54)c3)cc2)c2ccc(-c3cccc4c3ccc3ccccc34)cc2)c(-c2cccc3oc4cc5ccccc5cc4c23)c1. The third-order valence-electron chi connectivity index (χ3n) is 13.2. The molecule has 0 aliphatic carbocycles. The summed E-state index contributed by atoms with van der Waals surface area (Å²) in [5.41, 5.74) is 12.0. The summed E-state index contributed by atoms with van der Waals surface area (Å²) < 4.78 is 6.59. The lowest BCUT2D eigenvalue weighted by Gasteiger charge is -2.28. The van der Waals surface area contributed by atoms with Gasteiger partial charge in [0.05, 0.1) is 5.69 Å². The highest BCUT2D eigenvalue weighted by Gasteiger charge is 2.21. The number of rotatable bonds is 6. The zero-order valence-electron chi connectivity index (χ0n) is 34.9. The Hall–Kier alpha value is -8.46. The highest BCUT2D eigenvalue weighted by molar-refractivity contribution is 6.17. The largest absolute Gasteiger partial charge is 0.456 e. The van der Waals surface area contributed by atoms with Crippen molar-refractivity contribution in [2.75, 3.05) is 4.90 Å². The molecule has 0 atom stereocenters. The standard InChI is InChI=1S/C62H39NO/c1-2-14-45-39-61-58(38-44(45)13-1)62-57(20-10-22-60(62)64-61)56-17-7-8-21-59(56)63(48-31-25-40(26-32-48)46-30-35-53-47(37-46)24-23-41-11-3-5-15-50(41)53)49-33-27-43(28-34-49)52-18-9-19-54-51-16-6-4-12-42(51)29-36-55(52)54/h1-39H. The van der Waals surface area contributed by atoms with Gasteiger partial charge in [-0.25, -0.2) is 0 Å². The highest BCUT2D eigenvalue weighted by Crippen LogP contribution is 2.46. The van der Waals surface area contributed by atoms with E-state index in [4.69, 9.17) is 4.42 Å². The summed E-state index contributed by atoms with van der Waals surface area (Å²) in [6.45, 7) is 0. The average Bonchev–Trinajstić information content (AvgIpc) is 3.73. The van der Waals surface area contributed by atoms with Crippen LogP contribution in [0.1, 0.15) is 0 Å². The number of anilines is 3. The number of nitrogens with zero attached hydrogens (tertiary/aromatic N) is 1. The Morgan fingerprint density at radius 3 is 1.58 bits per heavy atom. The molecule has 0 aliphatic rings. The highest BCUT2D eigenvalue weighted by atomic mass is 16.3. The Morgan fingerprint density at radius 2 is 0.797 bits per heavy atom. The minimum atomic E-state index is 0.879. The van der Waals surface area contributed by atoms with Crippen molar-refractivity contribution in [3.05, 3.63) is 237 Å². The van der Waals surface area contributed by atoms with Crippen molar-refractivity contribution in [3.8, 4) is 33.4 Å². The van der Waals surface area contributed by atoms with Crippen LogP contribution >= 0.6 is 0 Å². The molecule has 0 fully saturated rings. The van der Waals surface area contributed by atoms with Crippen molar-refractivity contribution in [3.63, 3.8) is 0 Å². The maximum absolute atomic E-state index is 6.59. The van der Waals surface area contributed by atoms with E-state index in [9.17, 15) is 0 Å². The molecule has 13 rings (SSSR count). The van der Waals surface area contributed by atoms with Gasteiger partial charge in [-0.05, 0) is 136 Å². The molecule has 1 heterocycles. The summed E-state index contributed by atoms with van der Waals surface area (Å²) in [5, 5.41) is 14.7. The fourth-order valence-corrected chi connectivity index (χ4v) is 10.1. The van der Waals surface area contributed by atoms with E-state index in [-0.39, 0.29) is 0 Å². The molecule has 2 heteroatoms. The summed E-state index contributed by atoms with van der Waals surface area (Å²) in [5.74, 6) is 0. The molecule has 13 aromatic rings. The Balaban J connectivity index is 0.964. The van der Waals surface area contributed by atoms with Gasteiger partial charge in [0.25, 0.3) is 0 Å². The number of furan rings is 1. The molecule has 64 heavy (non-hydrogen) atoms. The van der Waals surface area contributed by atoms with Crippen molar-refractivity contribution < 1.29 is 4.42 Å². The van der Waals surface area contributed by atoms with Gasteiger partial charge in [-0.1, -0.05) is 182 Å². The van der Waals surface area contributed by atoms with Crippen molar-refractivity contribution >= 4 is 92.9 Å². The molecule has 0 unspecified atom stereocenters. The Bertz CT molecular complexity index is 3950. The van der Waals surface area contributed by atoms with Gasteiger partial charge < -0.3 is 9.32 Å². The predicted octanol–water partition coefficient (Wildman–Crippen LogP) is 17.8. The number of fused-ring (bicyclic) bond motifs is 10. The average molecular weight is 814 g/mol. The second kappa shape index (κ2) is 14.6. The molecule has 2 nitrogen and oxygen atoms in total. The minimum absolute atomic E-state index is 0.879. The van der Waals surface area contributed by atoms with Crippen LogP contribution in [-0.4, -0.2) is 0 Å². The van der Waals surface area contributed by atoms with Gasteiger partial charge in [0.15, 0.2) is 0 Å². The topological polar surface area (TPSA) is 16.4 Å². The Morgan fingerprint density at radius 1 is 0.266 bits per heavy atom. The summed E-state index contributed by atoms with van der Waals surface area (Å²) >= 11 is 0. The fraction of sp³-hybridized carbons (Fsp3) is 0. The molecule has 0 spiro atoms. The monoisotopic (exact) mass is 813 g/mol. The Kier molecular flexibility index (Phi) is 8.25. The molecule has 0 aliphatic heterocycles. The van der Waals surface area contributed by atoms with Crippen LogP contribution in [0.5, 0.6) is 0 Å². The van der Waals surface area contributed by atoms with Gasteiger partial charge in [-0.15, -0.1) is 0 Å². The maximum Gasteiger partial charge on any atom is 0.136 e. The molecule has 298 valence electrons. The predicted molar refractivity (Wildman–Crippen MR) is 272 cm³/mol. The zero-order chi connectivity index (χ0) is 42.1. The zero-order valence-corrected chi connectivity index (χ0v) is 34.9. The number of para-hydroxylation sites is 1. The molecular formula is C62H39NO. The second-order valence-corrected chi connectivity index (χ2v) is 16.8. The number of benzene rings is 12. The van der Waals surface area contributed by atoms with E-state index in [0.717, 1.165) is 50.1 Å². The maximum atomic E-state index is 6.59. The van der Waals surface area contributed by atoms with Gasteiger partial charge in [-0.3, -0.25) is 0 Å². The van der Waals surface area contributed by atoms with Crippen molar-refractivity contribution in [2.24, 2.45) is 0 Å². The van der Waals surface area contributed by atoms with E-state index < -0.39 is 0 Å². The molecule has 0 N–H and O–H groups in total. The van der Waals surface area contributed by atoms with E-state index in [0.29, 0.717) is 0 Å². The molecule has 0 saturated heterocycles. The van der Waals surface area contributed by atoms with Gasteiger partial charge in [0.2, 0.25) is 0 Å². The summed E-state index contributed by atoms with van der Waals surface area (Å²) in [7, 11) is 0. The van der Waals surface area contributed by atoms with Gasteiger partial charge in [-0.2, -0.15) is 0 Å². The second-order valence-electron chi connectivity index (χ2n) is 16.8. The lowest BCUT2D eigenvalue weighted by Crippen LogP contribution is -2.11. The number of hydrogen-bond acceptors (Lipinski definition) is 2. The molecule has 1 aromatic heterocycles. The fourth-order valence-electron chi connectivity index (χ4n) is 10.1. The molecule has 0 radical (unpaired) electrons. The summed E-state index contributed by atoms with van der Waals surface area (Å²) in [6, 6.07) is 86.1. The third-order valence-corrected chi connectivity index (χ3v) is 13.2. The van der Waals surface area contributed by atoms with E-state index >= 15 is 0 Å². The van der Waals surface area contributed by atoms with Crippen LogP contribution in [0.2, 0.25) is 0 Å². The van der Waals surface area contributed by atoms with Crippen LogP contribution in [0.4, 0.5) is 17.1 Å². The lowest BCUT2D eigenvalue weighted by molar-refractivity contribution is 0.669. The smallest absolute Gasteiger partial charge is 0.136 e. The summed E-state index contributed by atoms with van der Waals surface area (Å²) in [4.78, 5) is 2.41. The first-order chi connectivity index (χ1) is 31.7. The number of hydrogen-bond donors (Lipinski definition) is 0. The van der Waals surface area contributed by atoms with Crippen LogP contribution in [0, 0.1) is 0 Å². The minimum Gasteiger partial charge on any atom is -0.456 e. The first kappa shape index (κ1) is 36.2. The van der Waals surface area contributed by atoms with Crippen LogP contribution in [0.15, 0.2) is 241 Å². The first-order valence-corrected chi connectivity index (χ1v) is 22.0. The van der Waals surface area contributed by atoms with Crippen molar-refractivity contribution in [1.82, 2.24) is 0 Å². The molecule has 0 amide bonds. The summed E-state index contributed by atoms with van der Waals surface area (Å²) in [6.07, 6.45) is 0. The first-order valence-electron chi connectivity index (χ1n) is 22.0. The van der Waals surface area contributed by atoms with E-state index in [1.807, 2.05) is 0 Å². The molecule has 0 bridgehead atoms. The van der Waals surface area contributed by atoms with Gasteiger partial charge in [0.1, 0.15) is 11.2 Å². The van der Waals surface area contributed by atoms with Gasteiger partial charge >= 0.3 is 0 Å².